The molecule has 1 aromatic rings. The van der Waals surface area contributed by atoms with Gasteiger partial charge in [0.1, 0.15) is 10.7 Å². The van der Waals surface area contributed by atoms with Gasteiger partial charge < -0.3 is 10.1 Å². The standard InChI is InChI=1S/C11H21N3OS/c1-5-12-10-9(13-14-16-10)8-15-7-6-11(2,3)4/h12H,5-8H2,1-4H3. The first-order valence-electron chi connectivity index (χ1n) is 5.66. The Bertz CT molecular complexity index is 306. The first-order chi connectivity index (χ1) is 7.53. The Morgan fingerprint density at radius 2 is 2.12 bits per heavy atom. The highest BCUT2D eigenvalue weighted by Gasteiger charge is 2.11. The number of nitrogens with zero attached hydrogens (tertiary/aromatic N) is 2. The van der Waals surface area contributed by atoms with Crippen molar-refractivity contribution in [3.05, 3.63) is 5.69 Å². The molecule has 0 aliphatic rings. The molecule has 0 radical (unpaired) electrons. The maximum Gasteiger partial charge on any atom is 0.135 e. The summed E-state index contributed by atoms with van der Waals surface area (Å²) in [6, 6.07) is 0. The summed E-state index contributed by atoms with van der Waals surface area (Å²) in [7, 11) is 0. The third-order valence-electron chi connectivity index (χ3n) is 2.13. The van der Waals surface area contributed by atoms with E-state index in [2.05, 4.69) is 42.6 Å². The van der Waals surface area contributed by atoms with Gasteiger partial charge in [0.15, 0.2) is 0 Å². The molecule has 0 bridgehead atoms. The van der Waals surface area contributed by atoms with Crippen LogP contribution >= 0.6 is 11.5 Å². The minimum absolute atomic E-state index is 0.324. The summed E-state index contributed by atoms with van der Waals surface area (Å²) < 4.78 is 9.52. The van der Waals surface area contributed by atoms with E-state index in [1.54, 1.807) is 0 Å². The van der Waals surface area contributed by atoms with E-state index in [1.807, 2.05) is 0 Å². The molecule has 5 heteroatoms. The maximum atomic E-state index is 5.61. The van der Waals surface area contributed by atoms with Crippen LogP contribution in [0.1, 0.15) is 39.8 Å². The molecule has 1 rings (SSSR count). The fourth-order valence-corrected chi connectivity index (χ4v) is 1.78. The number of aromatic nitrogens is 2. The summed E-state index contributed by atoms with van der Waals surface area (Å²) >= 11 is 1.39. The summed E-state index contributed by atoms with van der Waals surface area (Å²) in [4.78, 5) is 0. The molecule has 0 unspecified atom stereocenters. The molecule has 92 valence electrons. The molecular weight excluding hydrogens is 222 g/mol. The van der Waals surface area contributed by atoms with Gasteiger partial charge in [-0.3, -0.25) is 0 Å². The predicted octanol–water partition coefficient (Wildman–Crippen LogP) is 2.92. The zero-order chi connectivity index (χ0) is 12.0. The smallest absolute Gasteiger partial charge is 0.135 e. The van der Waals surface area contributed by atoms with Crippen molar-refractivity contribution in [3.8, 4) is 0 Å². The van der Waals surface area contributed by atoms with E-state index in [-0.39, 0.29) is 0 Å². The molecule has 0 aromatic carbocycles. The Labute approximate surface area is 102 Å². The predicted molar refractivity (Wildman–Crippen MR) is 67.8 cm³/mol. The lowest BCUT2D eigenvalue weighted by Crippen LogP contribution is -2.10. The van der Waals surface area contributed by atoms with Crippen LogP contribution in [0.5, 0.6) is 0 Å². The van der Waals surface area contributed by atoms with Gasteiger partial charge in [0, 0.05) is 24.7 Å². The van der Waals surface area contributed by atoms with Crippen LogP contribution in [0, 0.1) is 5.41 Å². The van der Waals surface area contributed by atoms with Crippen molar-refractivity contribution in [1.82, 2.24) is 9.59 Å². The number of rotatable bonds is 6. The monoisotopic (exact) mass is 243 g/mol. The molecule has 0 aliphatic carbocycles. The van der Waals surface area contributed by atoms with E-state index in [0.29, 0.717) is 12.0 Å². The van der Waals surface area contributed by atoms with Crippen molar-refractivity contribution in [1.29, 1.82) is 0 Å². The number of nitrogens with one attached hydrogen (secondary N) is 1. The third-order valence-corrected chi connectivity index (χ3v) is 2.85. The number of hydrogen-bond acceptors (Lipinski definition) is 5. The average Bonchev–Trinajstić information content (AvgIpc) is 2.60. The summed E-state index contributed by atoms with van der Waals surface area (Å²) in [5, 5.41) is 8.30. The highest BCUT2D eigenvalue weighted by Crippen LogP contribution is 2.20. The van der Waals surface area contributed by atoms with E-state index in [9.17, 15) is 0 Å². The highest BCUT2D eigenvalue weighted by atomic mass is 32.1. The Balaban J connectivity index is 2.29. The minimum atomic E-state index is 0.324. The minimum Gasteiger partial charge on any atom is -0.375 e. The van der Waals surface area contributed by atoms with Crippen molar-refractivity contribution < 1.29 is 4.74 Å². The zero-order valence-corrected chi connectivity index (χ0v) is 11.4. The van der Waals surface area contributed by atoms with Crippen molar-refractivity contribution in [2.24, 2.45) is 5.41 Å². The van der Waals surface area contributed by atoms with Gasteiger partial charge in [0.05, 0.1) is 6.61 Å². The van der Waals surface area contributed by atoms with E-state index in [1.165, 1.54) is 11.5 Å². The second kappa shape index (κ2) is 6.15. The molecule has 1 heterocycles. The van der Waals surface area contributed by atoms with E-state index < -0.39 is 0 Å². The lowest BCUT2D eigenvalue weighted by molar-refractivity contribution is 0.0944. The second-order valence-corrected chi connectivity index (χ2v) is 5.70. The van der Waals surface area contributed by atoms with Crippen molar-refractivity contribution in [2.45, 2.75) is 40.7 Å². The largest absolute Gasteiger partial charge is 0.375 e. The van der Waals surface area contributed by atoms with Crippen molar-refractivity contribution in [3.63, 3.8) is 0 Å². The van der Waals surface area contributed by atoms with Crippen LogP contribution in [0.15, 0.2) is 0 Å². The van der Waals surface area contributed by atoms with Gasteiger partial charge in [-0.25, -0.2) is 0 Å². The second-order valence-electron chi connectivity index (χ2n) is 4.94. The van der Waals surface area contributed by atoms with Gasteiger partial charge in [-0.15, -0.1) is 5.10 Å². The molecule has 1 aromatic heterocycles. The number of anilines is 1. The van der Waals surface area contributed by atoms with Gasteiger partial charge in [-0.1, -0.05) is 25.3 Å². The van der Waals surface area contributed by atoms with Crippen LogP contribution in [0.4, 0.5) is 5.00 Å². The summed E-state index contributed by atoms with van der Waals surface area (Å²) in [5.41, 5.74) is 1.24. The zero-order valence-electron chi connectivity index (χ0n) is 10.5. The molecule has 0 amide bonds. The third kappa shape index (κ3) is 4.90. The number of ether oxygens (including phenoxy) is 1. The molecule has 4 nitrogen and oxygen atoms in total. The topological polar surface area (TPSA) is 47.0 Å². The van der Waals surface area contributed by atoms with E-state index in [0.717, 1.165) is 30.3 Å². The van der Waals surface area contributed by atoms with Crippen LogP contribution in [0.2, 0.25) is 0 Å². The van der Waals surface area contributed by atoms with Crippen LogP contribution in [-0.2, 0) is 11.3 Å². The molecule has 0 saturated carbocycles. The van der Waals surface area contributed by atoms with Crippen molar-refractivity contribution >= 4 is 16.5 Å². The van der Waals surface area contributed by atoms with Gasteiger partial charge in [0.25, 0.3) is 0 Å². The Hall–Kier alpha value is -0.680. The normalized spacial score (nSPS) is 11.8. The fraction of sp³-hybridized carbons (Fsp3) is 0.818. The Morgan fingerprint density at radius 1 is 1.38 bits per heavy atom. The van der Waals surface area contributed by atoms with Gasteiger partial charge in [-0.05, 0) is 18.8 Å². The molecule has 0 saturated heterocycles. The molecule has 1 N–H and O–H groups in total. The maximum absolute atomic E-state index is 5.61. The lowest BCUT2D eigenvalue weighted by Gasteiger charge is -2.17. The lowest BCUT2D eigenvalue weighted by atomic mass is 9.93. The van der Waals surface area contributed by atoms with Gasteiger partial charge >= 0.3 is 0 Å². The first kappa shape index (κ1) is 13.4. The SMILES string of the molecule is CCNc1snnc1COCCC(C)(C)C. The number of hydrogen-bond donors (Lipinski definition) is 1. The Morgan fingerprint density at radius 3 is 2.75 bits per heavy atom. The summed E-state index contributed by atoms with van der Waals surface area (Å²) in [5.74, 6) is 0. The average molecular weight is 243 g/mol. The molecular formula is C11H21N3OS. The highest BCUT2D eigenvalue weighted by molar-refractivity contribution is 7.10. The van der Waals surface area contributed by atoms with E-state index in [4.69, 9.17) is 4.74 Å². The van der Waals surface area contributed by atoms with Crippen molar-refractivity contribution in [2.75, 3.05) is 18.5 Å². The van der Waals surface area contributed by atoms with Gasteiger partial charge in [0.2, 0.25) is 0 Å². The molecule has 16 heavy (non-hydrogen) atoms. The molecule has 0 spiro atoms. The quantitative estimate of drug-likeness (QED) is 0.780. The molecule has 0 atom stereocenters. The summed E-state index contributed by atoms with van der Waals surface area (Å²) in [6.07, 6.45) is 1.06. The van der Waals surface area contributed by atoms with Crippen LogP contribution in [-0.4, -0.2) is 22.7 Å². The fourth-order valence-electron chi connectivity index (χ4n) is 1.15. The molecule has 0 fully saturated rings. The Kier molecular flexibility index (Phi) is 5.15. The van der Waals surface area contributed by atoms with Crippen LogP contribution < -0.4 is 5.32 Å². The first-order valence-corrected chi connectivity index (χ1v) is 6.43. The van der Waals surface area contributed by atoms with E-state index >= 15 is 0 Å². The summed E-state index contributed by atoms with van der Waals surface area (Å²) in [6.45, 7) is 10.9. The van der Waals surface area contributed by atoms with Crippen LogP contribution in [0.3, 0.4) is 0 Å². The van der Waals surface area contributed by atoms with Crippen LogP contribution in [0.25, 0.3) is 0 Å². The van der Waals surface area contributed by atoms with Gasteiger partial charge in [-0.2, -0.15) is 0 Å². The molecule has 0 aliphatic heterocycles.